The minimum atomic E-state index is -0.0787. The first-order chi connectivity index (χ1) is 7.98. The van der Waals surface area contributed by atoms with Crippen LogP contribution in [0.15, 0.2) is 10.9 Å². The van der Waals surface area contributed by atoms with Crippen LogP contribution in [0.25, 0.3) is 0 Å². The average Bonchev–Trinajstić information content (AvgIpc) is 2.23. The molecular formula is C13H21N3O. The summed E-state index contributed by atoms with van der Waals surface area (Å²) in [4.78, 5) is 18.7. The molecule has 1 saturated carbocycles. The van der Waals surface area contributed by atoms with Gasteiger partial charge in [-0.2, -0.15) is 0 Å². The van der Waals surface area contributed by atoms with Gasteiger partial charge in [0.15, 0.2) is 0 Å². The van der Waals surface area contributed by atoms with E-state index in [0.717, 1.165) is 12.4 Å². The van der Waals surface area contributed by atoms with Gasteiger partial charge in [-0.15, -0.1) is 0 Å². The second-order valence-electron chi connectivity index (χ2n) is 5.69. The van der Waals surface area contributed by atoms with Gasteiger partial charge in [0.05, 0.1) is 0 Å². The largest absolute Gasteiger partial charge is 0.369 e. The van der Waals surface area contributed by atoms with E-state index >= 15 is 0 Å². The Morgan fingerprint density at radius 1 is 1.53 bits per heavy atom. The van der Waals surface area contributed by atoms with E-state index in [1.165, 1.54) is 25.3 Å². The molecule has 2 rings (SSSR count). The highest BCUT2D eigenvalue weighted by atomic mass is 16.1. The summed E-state index contributed by atoms with van der Waals surface area (Å²) in [5.41, 5.74) is 0.312. The lowest BCUT2D eigenvalue weighted by Crippen LogP contribution is -2.33. The van der Waals surface area contributed by atoms with Crippen LogP contribution in [-0.2, 0) is 0 Å². The summed E-state index contributed by atoms with van der Waals surface area (Å²) >= 11 is 0. The molecule has 0 aliphatic heterocycles. The lowest BCUT2D eigenvalue weighted by molar-refractivity contribution is 0.180. The second kappa shape index (κ2) is 4.51. The quantitative estimate of drug-likeness (QED) is 0.843. The molecule has 0 spiro atoms. The molecule has 17 heavy (non-hydrogen) atoms. The topological polar surface area (TPSA) is 57.8 Å². The third kappa shape index (κ3) is 2.87. The molecule has 1 heterocycles. The number of H-pyrrole nitrogens is 1. The summed E-state index contributed by atoms with van der Waals surface area (Å²) in [6, 6.07) is 1.54. The molecule has 1 aliphatic rings. The van der Waals surface area contributed by atoms with Gasteiger partial charge in [-0.05, 0) is 18.3 Å². The first-order valence-corrected chi connectivity index (χ1v) is 6.34. The van der Waals surface area contributed by atoms with Crippen LogP contribution in [0.3, 0.4) is 0 Å². The lowest BCUT2D eigenvalue weighted by atomic mass is 9.70. The van der Waals surface area contributed by atoms with Crippen LogP contribution in [0.5, 0.6) is 0 Å². The number of anilines is 1. The Balaban J connectivity index is 2.07. The third-order valence-corrected chi connectivity index (χ3v) is 3.56. The van der Waals surface area contributed by atoms with E-state index < -0.39 is 0 Å². The molecule has 1 fully saturated rings. The van der Waals surface area contributed by atoms with Crippen LogP contribution in [0, 0.1) is 5.41 Å². The summed E-state index contributed by atoms with van der Waals surface area (Å²) < 4.78 is 0. The Morgan fingerprint density at radius 3 is 2.76 bits per heavy atom. The molecular weight excluding hydrogens is 214 g/mol. The van der Waals surface area contributed by atoms with Gasteiger partial charge in [0.1, 0.15) is 11.6 Å². The Bertz CT molecular complexity index is 446. The number of rotatable bonds is 4. The smallest absolute Gasteiger partial charge is 0.252 e. The van der Waals surface area contributed by atoms with E-state index in [1.807, 2.05) is 13.8 Å². The van der Waals surface area contributed by atoms with Crippen molar-refractivity contribution in [2.45, 2.75) is 46.0 Å². The van der Waals surface area contributed by atoms with Crippen molar-refractivity contribution in [3.63, 3.8) is 0 Å². The van der Waals surface area contributed by atoms with Gasteiger partial charge in [0, 0.05) is 18.5 Å². The molecule has 0 radical (unpaired) electrons. The zero-order valence-corrected chi connectivity index (χ0v) is 10.8. The number of aromatic nitrogens is 2. The van der Waals surface area contributed by atoms with E-state index in [9.17, 15) is 4.79 Å². The molecule has 2 N–H and O–H groups in total. The summed E-state index contributed by atoms with van der Waals surface area (Å²) in [5, 5.41) is 3.29. The molecule has 4 nitrogen and oxygen atoms in total. The summed E-state index contributed by atoms with van der Waals surface area (Å²) in [7, 11) is 0. The number of nitrogens with one attached hydrogen (secondary N) is 2. The lowest BCUT2D eigenvalue weighted by Gasteiger charge is -2.38. The molecule has 0 bridgehead atoms. The Hall–Kier alpha value is -1.32. The van der Waals surface area contributed by atoms with E-state index in [0.29, 0.717) is 11.2 Å². The number of hydrogen-bond donors (Lipinski definition) is 2. The van der Waals surface area contributed by atoms with Gasteiger partial charge in [-0.3, -0.25) is 4.79 Å². The molecule has 1 aromatic heterocycles. The van der Waals surface area contributed by atoms with Crippen LogP contribution in [0.4, 0.5) is 5.82 Å². The van der Waals surface area contributed by atoms with Crippen molar-refractivity contribution in [3.8, 4) is 0 Å². The minimum absolute atomic E-state index is 0.0787. The Kier molecular flexibility index (Phi) is 3.22. The molecule has 94 valence electrons. The maximum Gasteiger partial charge on any atom is 0.252 e. The fourth-order valence-electron chi connectivity index (χ4n) is 2.10. The molecule has 1 aliphatic carbocycles. The fraction of sp³-hybridized carbons (Fsp3) is 0.692. The second-order valence-corrected chi connectivity index (χ2v) is 5.69. The zero-order valence-electron chi connectivity index (χ0n) is 10.8. The highest BCUT2D eigenvalue weighted by molar-refractivity contribution is 5.33. The van der Waals surface area contributed by atoms with E-state index in [1.54, 1.807) is 0 Å². The Morgan fingerprint density at radius 2 is 2.24 bits per heavy atom. The predicted molar refractivity (Wildman–Crippen MR) is 69.4 cm³/mol. The first-order valence-electron chi connectivity index (χ1n) is 6.34. The SMILES string of the molecule is CC(C)c1nc(NCC2(C)CCC2)cc(=O)[nH]1. The molecule has 0 aromatic carbocycles. The third-order valence-electron chi connectivity index (χ3n) is 3.56. The number of nitrogens with zero attached hydrogens (tertiary/aromatic N) is 1. The monoisotopic (exact) mass is 235 g/mol. The van der Waals surface area contributed by atoms with Gasteiger partial charge in [-0.1, -0.05) is 27.2 Å². The summed E-state index contributed by atoms with van der Waals surface area (Å²) in [6.07, 6.45) is 3.85. The van der Waals surface area contributed by atoms with Crippen molar-refractivity contribution in [3.05, 3.63) is 22.2 Å². The van der Waals surface area contributed by atoms with E-state index in [4.69, 9.17) is 0 Å². The van der Waals surface area contributed by atoms with Gasteiger partial charge in [0.25, 0.3) is 5.56 Å². The fourth-order valence-corrected chi connectivity index (χ4v) is 2.10. The van der Waals surface area contributed by atoms with Crippen LogP contribution < -0.4 is 10.9 Å². The standard InChI is InChI=1S/C13H21N3O/c1-9(2)12-15-10(7-11(17)16-12)14-8-13(3)5-4-6-13/h7,9H,4-6,8H2,1-3H3,(H2,14,15,16,17). The molecule has 0 atom stereocenters. The van der Waals surface area contributed by atoms with Crippen molar-refractivity contribution in [1.82, 2.24) is 9.97 Å². The van der Waals surface area contributed by atoms with Crippen LogP contribution >= 0.6 is 0 Å². The average molecular weight is 235 g/mol. The number of aromatic amines is 1. The summed E-state index contributed by atoms with van der Waals surface area (Å²) in [5.74, 6) is 1.69. The highest BCUT2D eigenvalue weighted by Gasteiger charge is 2.31. The van der Waals surface area contributed by atoms with Gasteiger partial charge in [0.2, 0.25) is 0 Å². The maximum absolute atomic E-state index is 11.5. The van der Waals surface area contributed by atoms with Crippen molar-refractivity contribution < 1.29 is 0 Å². The van der Waals surface area contributed by atoms with Crippen molar-refractivity contribution >= 4 is 5.82 Å². The number of hydrogen-bond acceptors (Lipinski definition) is 3. The van der Waals surface area contributed by atoms with Crippen LogP contribution in [-0.4, -0.2) is 16.5 Å². The van der Waals surface area contributed by atoms with Crippen LogP contribution in [0.1, 0.15) is 51.8 Å². The van der Waals surface area contributed by atoms with Gasteiger partial charge >= 0.3 is 0 Å². The molecule has 0 amide bonds. The highest BCUT2D eigenvalue weighted by Crippen LogP contribution is 2.39. The molecule has 1 aromatic rings. The molecule has 0 unspecified atom stereocenters. The van der Waals surface area contributed by atoms with E-state index in [-0.39, 0.29) is 11.5 Å². The zero-order chi connectivity index (χ0) is 12.5. The van der Waals surface area contributed by atoms with Crippen molar-refractivity contribution in [1.29, 1.82) is 0 Å². The van der Waals surface area contributed by atoms with Crippen molar-refractivity contribution in [2.24, 2.45) is 5.41 Å². The maximum atomic E-state index is 11.5. The minimum Gasteiger partial charge on any atom is -0.369 e. The van der Waals surface area contributed by atoms with Crippen molar-refractivity contribution in [2.75, 3.05) is 11.9 Å². The summed E-state index contributed by atoms with van der Waals surface area (Å²) in [6.45, 7) is 7.23. The van der Waals surface area contributed by atoms with E-state index in [2.05, 4.69) is 22.2 Å². The Labute approximate surface area is 102 Å². The van der Waals surface area contributed by atoms with Gasteiger partial charge < -0.3 is 10.3 Å². The molecule has 4 heteroatoms. The van der Waals surface area contributed by atoms with Gasteiger partial charge in [-0.25, -0.2) is 4.98 Å². The molecule has 0 saturated heterocycles. The normalized spacial score (nSPS) is 17.9. The first kappa shape index (κ1) is 12.1. The van der Waals surface area contributed by atoms with Crippen LogP contribution in [0.2, 0.25) is 0 Å². The predicted octanol–water partition coefficient (Wildman–Crippen LogP) is 2.50.